The quantitative estimate of drug-likeness (QED) is 0.623. The zero-order valence-corrected chi connectivity index (χ0v) is 19.3. The summed E-state index contributed by atoms with van der Waals surface area (Å²) >= 11 is 5.98. The summed E-state index contributed by atoms with van der Waals surface area (Å²) in [6.07, 6.45) is 2.14. The Labute approximate surface area is 187 Å². The molecular weight excluding hydrogens is 420 g/mol. The van der Waals surface area contributed by atoms with E-state index in [2.05, 4.69) is 22.2 Å². The largest absolute Gasteiger partial charge is 0.497 e. The van der Waals surface area contributed by atoms with Crippen molar-refractivity contribution in [3.8, 4) is 17.4 Å². The highest BCUT2D eigenvalue weighted by molar-refractivity contribution is 6.28. The number of rotatable bonds is 6. The molecule has 1 saturated heterocycles. The number of benzene rings is 1. The third-order valence-electron chi connectivity index (χ3n) is 4.78. The number of nitrogens with zero attached hydrogens (tertiary/aromatic N) is 3. The molecule has 1 fully saturated rings. The molecule has 8 nitrogen and oxygen atoms in total. The fourth-order valence-corrected chi connectivity index (χ4v) is 3.54. The van der Waals surface area contributed by atoms with Crippen molar-refractivity contribution in [2.45, 2.75) is 45.8 Å². The number of carbonyl (C=O) groups is 1. The molecule has 2 atom stereocenters. The Morgan fingerprint density at radius 2 is 1.94 bits per heavy atom. The number of ether oxygens (including phenoxy) is 3. The number of methoxy groups -OCH3 is 1. The van der Waals surface area contributed by atoms with Gasteiger partial charge in [0.2, 0.25) is 11.2 Å². The second kappa shape index (κ2) is 9.60. The average Bonchev–Trinajstić information content (AvgIpc) is 3.07. The van der Waals surface area contributed by atoms with Gasteiger partial charge in [0.1, 0.15) is 22.8 Å². The molecule has 0 aliphatic carbocycles. The molecule has 1 aliphatic rings. The van der Waals surface area contributed by atoms with Crippen LogP contribution < -0.4 is 14.8 Å². The van der Waals surface area contributed by atoms with E-state index in [4.69, 9.17) is 25.8 Å². The molecule has 1 aromatic heterocycles. The molecule has 1 amide bonds. The molecule has 1 aromatic carbocycles. The first kappa shape index (κ1) is 22.9. The number of carbonyl (C=O) groups excluding carboxylic acids is 1. The van der Waals surface area contributed by atoms with Crippen molar-refractivity contribution in [3.63, 3.8) is 0 Å². The van der Waals surface area contributed by atoms with Crippen molar-refractivity contribution < 1.29 is 19.0 Å². The molecular formula is C22H29ClN4O4. The van der Waals surface area contributed by atoms with Gasteiger partial charge in [-0.15, -0.1) is 0 Å². The lowest BCUT2D eigenvalue weighted by Crippen LogP contribution is -2.42. The zero-order chi connectivity index (χ0) is 22.6. The van der Waals surface area contributed by atoms with Crippen LogP contribution in [-0.4, -0.2) is 52.8 Å². The maximum Gasteiger partial charge on any atom is 0.410 e. The average molecular weight is 449 g/mol. The maximum absolute atomic E-state index is 12.6. The Morgan fingerprint density at radius 1 is 1.26 bits per heavy atom. The van der Waals surface area contributed by atoms with Crippen molar-refractivity contribution in [2.75, 3.05) is 25.5 Å². The number of anilines is 1. The smallest absolute Gasteiger partial charge is 0.410 e. The first-order valence-electron chi connectivity index (χ1n) is 10.2. The topological polar surface area (TPSA) is 85.8 Å². The highest BCUT2D eigenvalue weighted by Crippen LogP contribution is 2.30. The lowest BCUT2D eigenvalue weighted by Gasteiger charge is -2.29. The molecule has 0 radical (unpaired) electrons. The minimum absolute atomic E-state index is 0.0191. The predicted octanol–water partition coefficient (Wildman–Crippen LogP) is 4.99. The van der Waals surface area contributed by atoms with Gasteiger partial charge in [0.25, 0.3) is 0 Å². The summed E-state index contributed by atoms with van der Waals surface area (Å²) in [5.41, 5.74) is 0.0495. The summed E-state index contributed by atoms with van der Waals surface area (Å²) in [6.45, 7) is 8.89. The highest BCUT2D eigenvalue weighted by atomic mass is 35.5. The summed E-state index contributed by atoms with van der Waals surface area (Å²) < 4.78 is 16.6. The number of nitrogens with one attached hydrogen (secondary N) is 1. The monoisotopic (exact) mass is 448 g/mol. The molecule has 31 heavy (non-hydrogen) atoms. The Kier molecular flexibility index (Phi) is 7.10. The lowest BCUT2D eigenvalue weighted by molar-refractivity contribution is 0.0230. The van der Waals surface area contributed by atoms with Gasteiger partial charge in [-0.05, 0) is 69.0 Å². The molecule has 0 bridgehead atoms. The van der Waals surface area contributed by atoms with Gasteiger partial charge in [-0.1, -0.05) is 6.92 Å². The highest BCUT2D eigenvalue weighted by Gasteiger charge is 2.35. The Bertz CT molecular complexity index is 901. The molecule has 3 rings (SSSR count). The van der Waals surface area contributed by atoms with E-state index in [0.717, 1.165) is 12.2 Å². The SMILES string of the molecule is COc1ccc(Oc2nc(Cl)ncc2NC[C@@H]2C[C@@H](C)CN2C(=O)OC(C)(C)C)cc1. The van der Waals surface area contributed by atoms with E-state index >= 15 is 0 Å². The second-order valence-corrected chi connectivity index (χ2v) is 8.98. The number of hydrogen-bond acceptors (Lipinski definition) is 7. The van der Waals surface area contributed by atoms with Gasteiger partial charge in [0.05, 0.1) is 19.3 Å². The van der Waals surface area contributed by atoms with Crippen LogP contribution in [0.2, 0.25) is 5.28 Å². The van der Waals surface area contributed by atoms with E-state index in [1.54, 1.807) is 42.5 Å². The summed E-state index contributed by atoms with van der Waals surface area (Å²) in [7, 11) is 1.60. The van der Waals surface area contributed by atoms with Gasteiger partial charge in [-0.2, -0.15) is 4.98 Å². The fourth-order valence-electron chi connectivity index (χ4n) is 3.42. The van der Waals surface area contributed by atoms with Crippen molar-refractivity contribution in [2.24, 2.45) is 5.92 Å². The van der Waals surface area contributed by atoms with Gasteiger partial charge < -0.3 is 24.4 Å². The van der Waals surface area contributed by atoms with Crippen LogP contribution in [0.15, 0.2) is 30.5 Å². The molecule has 2 aromatic rings. The number of likely N-dealkylation sites (tertiary alicyclic amines) is 1. The number of hydrogen-bond donors (Lipinski definition) is 1. The molecule has 0 unspecified atom stereocenters. The standard InChI is InChI=1S/C22H29ClN4O4/c1-14-10-15(27(13-14)21(28)31-22(2,3)4)11-24-18-12-25-20(23)26-19(18)30-17-8-6-16(29-5)7-9-17/h6-9,12,14-15,24H,10-11,13H2,1-5H3/t14-,15+/m1/s1. The fraction of sp³-hybridized carbons (Fsp3) is 0.500. The third-order valence-corrected chi connectivity index (χ3v) is 4.96. The lowest BCUT2D eigenvalue weighted by atomic mass is 10.1. The maximum atomic E-state index is 12.6. The van der Waals surface area contributed by atoms with E-state index in [1.807, 2.05) is 20.8 Å². The van der Waals surface area contributed by atoms with Crippen LogP contribution in [0.4, 0.5) is 10.5 Å². The minimum Gasteiger partial charge on any atom is -0.497 e. The number of halogens is 1. The molecule has 9 heteroatoms. The Morgan fingerprint density at radius 3 is 2.58 bits per heavy atom. The first-order chi connectivity index (χ1) is 14.6. The van der Waals surface area contributed by atoms with Crippen molar-refractivity contribution >= 4 is 23.4 Å². The van der Waals surface area contributed by atoms with Gasteiger partial charge >= 0.3 is 6.09 Å². The van der Waals surface area contributed by atoms with Crippen LogP contribution in [0.5, 0.6) is 17.4 Å². The normalized spacial score (nSPS) is 18.6. The van der Waals surface area contributed by atoms with Crippen LogP contribution in [0, 0.1) is 5.92 Å². The van der Waals surface area contributed by atoms with E-state index in [1.165, 1.54) is 0 Å². The van der Waals surface area contributed by atoms with Gasteiger partial charge in [0.15, 0.2) is 0 Å². The van der Waals surface area contributed by atoms with E-state index in [-0.39, 0.29) is 17.4 Å². The molecule has 0 saturated carbocycles. The third kappa shape index (κ3) is 6.37. The molecule has 1 aliphatic heterocycles. The number of aromatic nitrogens is 2. The summed E-state index contributed by atoms with van der Waals surface area (Å²) in [5.74, 6) is 2.00. The predicted molar refractivity (Wildman–Crippen MR) is 119 cm³/mol. The molecule has 1 N–H and O–H groups in total. The van der Waals surface area contributed by atoms with Crippen molar-refractivity contribution in [1.82, 2.24) is 14.9 Å². The van der Waals surface area contributed by atoms with E-state index < -0.39 is 5.60 Å². The van der Waals surface area contributed by atoms with Crippen molar-refractivity contribution in [1.29, 1.82) is 0 Å². The zero-order valence-electron chi connectivity index (χ0n) is 18.5. The van der Waals surface area contributed by atoms with Crippen LogP contribution in [0.3, 0.4) is 0 Å². The molecule has 168 valence electrons. The second-order valence-electron chi connectivity index (χ2n) is 8.64. The van der Waals surface area contributed by atoms with Gasteiger partial charge in [-0.3, -0.25) is 0 Å². The minimum atomic E-state index is -0.537. The van der Waals surface area contributed by atoms with Crippen LogP contribution in [0.25, 0.3) is 0 Å². The van der Waals surface area contributed by atoms with Gasteiger partial charge in [-0.25, -0.2) is 9.78 Å². The van der Waals surface area contributed by atoms with Crippen molar-refractivity contribution in [3.05, 3.63) is 35.7 Å². The summed E-state index contributed by atoms with van der Waals surface area (Å²) in [6, 6.07) is 7.13. The van der Waals surface area contributed by atoms with Crippen LogP contribution >= 0.6 is 11.6 Å². The van der Waals surface area contributed by atoms with Gasteiger partial charge in [0, 0.05) is 13.1 Å². The molecule has 0 spiro atoms. The number of amides is 1. The van der Waals surface area contributed by atoms with E-state index in [0.29, 0.717) is 36.3 Å². The molecule has 2 heterocycles. The summed E-state index contributed by atoms with van der Waals surface area (Å²) in [5, 5.41) is 3.39. The Hall–Kier alpha value is -2.74. The summed E-state index contributed by atoms with van der Waals surface area (Å²) in [4.78, 5) is 22.7. The first-order valence-corrected chi connectivity index (χ1v) is 10.6. The van der Waals surface area contributed by atoms with Crippen LogP contribution in [-0.2, 0) is 4.74 Å². The Balaban J connectivity index is 1.71. The van der Waals surface area contributed by atoms with E-state index in [9.17, 15) is 4.79 Å². The van der Waals surface area contributed by atoms with Crippen LogP contribution in [0.1, 0.15) is 34.1 Å².